The molecule has 1 aromatic heterocycles. The highest BCUT2D eigenvalue weighted by Gasteiger charge is 2.12. The number of hydrogen-bond donors (Lipinski definition) is 1. The van der Waals surface area contributed by atoms with Crippen LogP contribution in [0.1, 0.15) is 23.7 Å². The molecule has 0 bridgehead atoms. The summed E-state index contributed by atoms with van der Waals surface area (Å²) in [6.07, 6.45) is 2.55. The third-order valence-corrected chi connectivity index (χ3v) is 3.14. The fraction of sp³-hybridized carbons (Fsp3) is 0.467. The van der Waals surface area contributed by atoms with Gasteiger partial charge in [0, 0.05) is 20.3 Å². The van der Waals surface area contributed by atoms with Gasteiger partial charge in [0.1, 0.15) is 0 Å². The molecule has 0 aliphatic heterocycles. The fourth-order valence-corrected chi connectivity index (χ4v) is 2.07. The van der Waals surface area contributed by atoms with Gasteiger partial charge in [-0.2, -0.15) is 0 Å². The highest BCUT2D eigenvalue weighted by atomic mass is 16.5. The molecule has 1 aromatic carbocycles. The Morgan fingerprint density at radius 3 is 2.86 bits per heavy atom. The summed E-state index contributed by atoms with van der Waals surface area (Å²) in [4.78, 5) is 0. The van der Waals surface area contributed by atoms with Crippen molar-refractivity contribution in [2.24, 2.45) is 5.73 Å². The zero-order chi connectivity index (χ0) is 14.9. The fourth-order valence-electron chi connectivity index (χ4n) is 2.07. The lowest BCUT2D eigenvalue weighted by Crippen LogP contribution is -2.21. The van der Waals surface area contributed by atoms with E-state index in [9.17, 15) is 0 Å². The zero-order valence-electron chi connectivity index (χ0n) is 12.3. The lowest BCUT2D eigenvalue weighted by Gasteiger charge is -2.12. The van der Waals surface area contributed by atoms with Gasteiger partial charge in [-0.3, -0.25) is 0 Å². The highest BCUT2D eigenvalue weighted by Crippen LogP contribution is 2.09. The molecule has 114 valence electrons. The van der Waals surface area contributed by atoms with E-state index < -0.39 is 0 Å². The van der Waals surface area contributed by atoms with Crippen molar-refractivity contribution >= 4 is 0 Å². The summed E-state index contributed by atoms with van der Waals surface area (Å²) in [7, 11) is 1.63. The molecule has 1 atom stereocenters. The molecule has 0 spiro atoms. The molecular formula is C15H22N4O2. The van der Waals surface area contributed by atoms with Gasteiger partial charge in [0.25, 0.3) is 0 Å². The Labute approximate surface area is 124 Å². The van der Waals surface area contributed by atoms with E-state index in [0.717, 1.165) is 18.7 Å². The van der Waals surface area contributed by atoms with Crippen LogP contribution in [0.4, 0.5) is 0 Å². The Bertz CT molecular complexity index is 515. The topological polar surface area (TPSA) is 75.2 Å². The average Bonchev–Trinajstić information content (AvgIpc) is 2.97. The van der Waals surface area contributed by atoms with E-state index in [2.05, 4.69) is 22.4 Å². The molecule has 0 saturated carbocycles. The van der Waals surface area contributed by atoms with E-state index in [1.165, 1.54) is 5.56 Å². The van der Waals surface area contributed by atoms with Gasteiger partial charge in [0.05, 0.1) is 31.1 Å². The maximum absolute atomic E-state index is 6.00. The van der Waals surface area contributed by atoms with Crippen LogP contribution in [0.3, 0.4) is 0 Å². The normalized spacial score (nSPS) is 12.5. The zero-order valence-corrected chi connectivity index (χ0v) is 12.3. The molecule has 0 amide bonds. The van der Waals surface area contributed by atoms with Crippen molar-refractivity contribution in [1.82, 2.24) is 15.0 Å². The van der Waals surface area contributed by atoms with Crippen LogP contribution >= 0.6 is 0 Å². The standard InChI is InChI=1S/C15H22N4O2/c1-20-12-14(16)15-10-17-18-19(15)8-5-9-21-11-13-6-3-2-4-7-13/h2-4,6-7,10,14H,5,8-9,11-12,16H2,1H3/t14-/m0/s1. The third-order valence-electron chi connectivity index (χ3n) is 3.14. The van der Waals surface area contributed by atoms with Crippen molar-refractivity contribution in [3.63, 3.8) is 0 Å². The smallest absolute Gasteiger partial charge is 0.0777 e. The second kappa shape index (κ2) is 8.51. The first-order chi connectivity index (χ1) is 10.3. The molecule has 1 heterocycles. The second-order valence-electron chi connectivity index (χ2n) is 4.84. The molecule has 2 rings (SSSR count). The first kappa shape index (κ1) is 15.6. The Morgan fingerprint density at radius 2 is 2.10 bits per heavy atom. The Kier molecular flexibility index (Phi) is 6.33. The third kappa shape index (κ3) is 4.93. The van der Waals surface area contributed by atoms with Crippen LogP contribution in [0.15, 0.2) is 36.5 Å². The molecule has 0 unspecified atom stereocenters. The minimum Gasteiger partial charge on any atom is -0.383 e. The Balaban J connectivity index is 1.70. The van der Waals surface area contributed by atoms with Crippen LogP contribution in [-0.2, 0) is 22.6 Å². The Morgan fingerprint density at radius 1 is 1.29 bits per heavy atom. The van der Waals surface area contributed by atoms with Crippen LogP contribution < -0.4 is 5.73 Å². The van der Waals surface area contributed by atoms with Crippen molar-refractivity contribution in [3.05, 3.63) is 47.8 Å². The van der Waals surface area contributed by atoms with E-state index in [4.69, 9.17) is 15.2 Å². The quantitative estimate of drug-likeness (QED) is 0.709. The summed E-state index contributed by atoms with van der Waals surface area (Å²) in [6.45, 7) is 2.50. The van der Waals surface area contributed by atoms with Crippen molar-refractivity contribution in [2.45, 2.75) is 25.6 Å². The van der Waals surface area contributed by atoms with Gasteiger partial charge in [-0.1, -0.05) is 35.5 Å². The summed E-state index contributed by atoms with van der Waals surface area (Å²) >= 11 is 0. The van der Waals surface area contributed by atoms with Crippen molar-refractivity contribution in [3.8, 4) is 0 Å². The number of aromatic nitrogens is 3. The minimum absolute atomic E-state index is 0.199. The summed E-state index contributed by atoms with van der Waals surface area (Å²) in [5.41, 5.74) is 8.07. The number of hydrogen-bond acceptors (Lipinski definition) is 5. The molecule has 0 saturated heterocycles. The lowest BCUT2D eigenvalue weighted by atomic mass is 10.2. The number of rotatable bonds is 9. The van der Waals surface area contributed by atoms with Gasteiger partial charge >= 0.3 is 0 Å². The monoisotopic (exact) mass is 290 g/mol. The molecule has 0 radical (unpaired) electrons. The molecule has 2 N–H and O–H groups in total. The lowest BCUT2D eigenvalue weighted by molar-refractivity contribution is 0.114. The molecule has 6 heteroatoms. The van der Waals surface area contributed by atoms with E-state index in [1.54, 1.807) is 13.3 Å². The van der Waals surface area contributed by atoms with Crippen molar-refractivity contribution in [2.75, 3.05) is 20.3 Å². The van der Waals surface area contributed by atoms with Gasteiger partial charge in [-0.15, -0.1) is 5.10 Å². The molecule has 21 heavy (non-hydrogen) atoms. The van der Waals surface area contributed by atoms with E-state index in [0.29, 0.717) is 19.8 Å². The summed E-state index contributed by atoms with van der Waals surface area (Å²) < 4.78 is 12.5. The van der Waals surface area contributed by atoms with Crippen molar-refractivity contribution < 1.29 is 9.47 Å². The van der Waals surface area contributed by atoms with Crippen LogP contribution in [0, 0.1) is 0 Å². The molecule has 0 aliphatic rings. The summed E-state index contributed by atoms with van der Waals surface area (Å²) in [6, 6.07) is 9.93. The second-order valence-corrected chi connectivity index (χ2v) is 4.84. The number of benzene rings is 1. The number of aryl methyl sites for hydroxylation is 1. The Hall–Kier alpha value is -1.76. The largest absolute Gasteiger partial charge is 0.383 e. The van der Waals surface area contributed by atoms with Gasteiger partial charge in [-0.25, -0.2) is 4.68 Å². The average molecular weight is 290 g/mol. The first-order valence-electron chi connectivity index (χ1n) is 7.06. The maximum Gasteiger partial charge on any atom is 0.0777 e. The van der Waals surface area contributed by atoms with E-state index in [-0.39, 0.29) is 6.04 Å². The predicted molar refractivity (Wildman–Crippen MR) is 79.5 cm³/mol. The molecule has 2 aromatic rings. The van der Waals surface area contributed by atoms with Crippen LogP contribution in [0.25, 0.3) is 0 Å². The van der Waals surface area contributed by atoms with Crippen LogP contribution in [-0.4, -0.2) is 35.3 Å². The maximum atomic E-state index is 6.00. The van der Waals surface area contributed by atoms with Gasteiger partial charge in [-0.05, 0) is 12.0 Å². The van der Waals surface area contributed by atoms with Crippen LogP contribution in [0.2, 0.25) is 0 Å². The number of ether oxygens (including phenoxy) is 2. The summed E-state index contributed by atoms with van der Waals surface area (Å²) in [5.74, 6) is 0. The SMILES string of the molecule is COC[C@H](N)c1cnnn1CCCOCc1ccccc1. The van der Waals surface area contributed by atoms with Gasteiger partial charge in [0.2, 0.25) is 0 Å². The van der Waals surface area contributed by atoms with E-state index >= 15 is 0 Å². The molecule has 0 aliphatic carbocycles. The number of nitrogens with zero attached hydrogens (tertiary/aromatic N) is 3. The number of methoxy groups -OCH3 is 1. The number of nitrogens with two attached hydrogens (primary N) is 1. The minimum atomic E-state index is -0.199. The van der Waals surface area contributed by atoms with Gasteiger partial charge < -0.3 is 15.2 Å². The first-order valence-corrected chi connectivity index (χ1v) is 7.06. The molecular weight excluding hydrogens is 268 g/mol. The van der Waals surface area contributed by atoms with Crippen molar-refractivity contribution in [1.29, 1.82) is 0 Å². The van der Waals surface area contributed by atoms with Gasteiger partial charge in [0.15, 0.2) is 0 Å². The predicted octanol–water partition coefficient (Wildman–Crippen LogP) is 1.53. The molecule has 0 fully saturated rings. The molecule has 6 nitrogen and oxygen atoms in total. The van der Waals surface area contributed by atoms with Crippen LogP contribution in [0.5, 0.6) is 0 Å². The highest BCUT2D eigenvalue weighted by molar-refractivity contribution is 5.13. The summed E-state index contributed by atoms with van der Waals surface area (Å²) in [5, 5.41) is 7.96. The van der Waals surface area contributed by atoms with E-state index in [1.807, 2.05) is 22.9 Å².